The molecule has 0 aliphatic heterocycles. The number of amides is 1. The Morgan fingerprint density at radius 2 is 2.41 bits per heavy atom. The van der Waals surface area contributed by atoms with E-state index in [0.29, 0.717) is 11.6 Å². The Hall–Kier alpha value is -1.63. The third-order valence-electron chi connectivity index (χ3n) is 2.23. The van der Waals surface area contributed by atoms with Crippen LogP contribution in [0, 0.1) is 6.92 Å². The smallest absolute Gasteiger partial charge is 0.250 e. The van der Waals surface area contributed by atoms with Crippen molar-refractivity contribution in [1.29, 1.82) is 0 Å². The third-order valence-corrected chi connectivity index (χ3v) is 2.63. The van der Waals surface area contributed by atoms with Gasteiger partial charge in [-0.05, 0) is 29.8 Å². The highest BCUT2D eigenvalue weighted by Crippen LogP contribution is 2.14. The first-order chi connectivity index (χ1) is 8.06. The minimum Gasteiger partial charge on any atom is -0.360 e. The lowest BCUT2D eigenvalue weighted by Crippen LogP contribution is -2.24. The van der Waals surface area contributed by atoms with Gasteiger partial charge < -0.3 is 9.84 Å². The molecule has 1 N–H and O–H groups in total. The fourth-order valence-corrected chi connectivity index (χ4v) is 1.60. The van der Waals surface area contributed by atoms with E-state index in [9.17, 15) is 4.79 Å². The van der Waals surface area contributed by atoms with Crippen molar-refractivity contribution < 1.29 is 9.32 Å². The second-order valence-electron chi connectivity index (χ2n) is 3.63. The van der Waals surface area contributed by atoms with Crippen LogP contribution in [-0.4, -0.2) is 20.8 Å². The molecule has 2 aromatic heterocycles. The molecule has 0 radical (unpaired) electrons. The third kappa shape index (κ3) is 2.73. The van der Waals surface area contributed by atoms with Crippen LogP contribution in [0.3, 0.4) is 0 Å². The minimum absolute atomic E-state index is 0.200. The standard InChI is InChI=1S/C10H11BrN4O2/c1-6-3-9(14-17-6)13-10(16)7(2)15-5-8(11)4-12-15/h3-5,7H,1-2H3,(H,13,14,16)/t7-/m0/s1. The van der Waals surface area contributed by atoms with Gasteiger partial charge in [0.25, 0.3) is 0 Å². The average molecular weight is 299 g/mol. The molecule has 2 heterocycles. The van der Waals surface area contributed by atoms with E-state index in [-0.39, 0.29) is 5.91 Å². The highest BCUT2D eigenvalue weighted by Gasteiger charge is 2.17. The van der Waals surface area contributed by atoms with Crippen LogP contribution in [0.2, 0.25) is 0 Å². The highest BCUT2D eigenvalue weighted by atomic mass is 79.9. The number of nitrogens with zero attached hydrogens (tertiary/aromatic N) is 3. The summed E-state index contributed by atoms with van der Waals surface area (Å²) >= 11 is 3.28. The van der Waals surface area contributed by atoms with Crippen molar-refractivity contribution in [3.63, 3.8) is 0 Å². The predicted octanol–water partition coefficient (Wildman–Crippen LogP) is 2.14. The molecule has 1 atom stereocenters. The molecule has 7 heteroatoms. The number of nitrogens with one attached hydrogen (secondary N) is 1. The Morgan fingerprint density at radius 3 is 2.94 bits per heavy atom. The molecule has 0 aromatic carbocycles. The number of anilines is 1. The summed E-state index contributed by atoms with van der Waals surface area (Å²) in [6.45, 7) is 3.51. The molecule has 0 aliphatic rings. The average Bonchev–Trinajstić information content (AvgIpc) is 2.87. The first-order valence-corrected chi connectivity index (χ1v) is 5.79. The van der Waals surface area contributed by atoms with Gasteiger partial charge in [0.15, 0.2) is 5.82 Å². The summed E-state index contributed by atoms with van der Waals surface area (Å²) in [6, 6.07) is 1.24. The van der Waals surface area contributed by atoms with Gasteiger partial charge in [-0.25, -0.2) is 0 Å². The fraction of sp³-hybridized carbons (Fsp3) is 0.300. The maximum atomic E-state index is 11.9. The summed E-state index contributed by atoms with van der Waals surface area (Å²) < 4.78 is 7.25. The van der Waals surface area contributed by atoms with Crippen LogP contribution in [0.25, 0.3) is 0 Å². The van der Waals surface area contributed by atoms with Crippen molar-refractivity contribution in [1.82, 2.24) is 14.9 Å². The van der Waals surface area contributed by atoms with Crippen LogP contribution in [0.5, 0.6) is 0 Å². The van der Waals surface area contributed by atoms with Crippen molar-refractivity contribution in [3.8, 4) is 0 Å². The summed E-state index contributed by atoms with van der Waals surface area (Å²) in [7, 11) is 0. The van der Waals surface area contributed by atoms with E-state index in [1.165, 1.54) is 0 Å². The first kappa shape index (κ1) is 11.8. The van der Waals surface area contributed by atoms with Gasteiger partial charge in [-0.3, -0.25) is 9.48 Å². The Labute approximate surface area is 106 Å². The lowest BCUT2D eigenvalue weighted by molar-refractivity contribution is -0.119. The minimum atomic E-state index is -0.418. The van der Waals surface area contributed by atoms with Gasteiger partial charge in [0, 0.05) is 12.3 Å². The van der Waals surface area contributed by atoms with Crippen molar-refractivity contribution in [2.75, 3.05) is 5.32 Å². The molecule has 0 saturated carbocycles. The number of hydrogen-bond donors (Lipinski definition) is 1. The maximum Gasteiger partial charge on any atom is 0.250 e. The fourth-order valence-electron chi connectivity index (χ4n) is 1.30. The van der Waals surface area contributed by atoms with E-state index in [1.54, 1.807) is 37.0 Å². The van der Waals surface area contributed by atoms with Crippen molar-refractivity contribution in [2.24, 2.45) is 0 Å². The van der Waals surface area contributed by atoms with Crippen molar-refractivity contribution in [3.05, 3.63) is 28.7 Å². The summed E-state index contributed by atoms with van der Waals surface area (Å²) in [6.07, 6.45) is 3.36. The zero-order valence-corrected chi connectivity index (χ0v) is 10.9. The number of rotatable bonds is 3. The van der Waals surface area contributed by atoms with Gasteiger partial charge in [-0.15, -0.1) is 0 Å². The van der Waals surface area contributed by atoms with Crippen LogP contribution >= 0.6 is 15.9 Å². The van der Waals surface area contributed by atoms with Gasteiger partial charge >= 0.3 is 0 Å². The Bertz CT molecular complexity index is 534. The van der Waals surface area contributed by atoms with E-state index in [4.69, 9.17) is 4.52 Å². The molecule has 6 nitrogen and oxygen atoms in total. The van der Waals surface area contributed by atoms with E-state index in [1.807, 2.05) is 0 Å². The molecule has 2 aromatic rings. The highest BCUT2D eigenvalue weighted by molar-refractivity contribution is 9.10. The first-order valence-electron chi connectivity index (χ1n) is 5.00. The quantitative estimate of drug-likeness (QED) is 0.942. The maximum absolute atomic E-state index is 11.9. The number of aromatic nitrogens is 3. The van der Waals surface area contributed by atoms with E-state index < -0.39 is 6.04 Å². The SMILES string of the molecule is Cc1cc(NC(=O)[C@H](C)n2cc(Br)cn2)no1. The van der Waals surface area contributed by atoms with Crippen molar-refractivity contribution >= 4 is 27.7 Å². The summed E-state index contributed by atoms with van der Waals surface area (Å²) in [5.74, 6) is 0.856. The summed E-state index contributed by atoms with van der Waals surface area (Å²) in [4.78, 5) is 11.9. The largest absolute Gasteiger partial charge is 0.360 e. The number of aryl methyl sites for hydroxylation is 1. The Morgan fingerprint density at radius 1 is 1.65 bits per heavy atom. The molecule has 0 saturated heterocycles. The summed E-state index contributed by atoms with van der Waals surface area (Å²) in [5, 5.41) is 10.4. The monoisotopic (exact) mass is 298 g/mol. The Kier molecular flexibility index (Phi) is 3.28. The molecular weight excluding hydrogens is 288 g/mol. The number of halogens is 1. The lowest BCUT2D eigenvalue weighted by atomic mass is 10.3. The molecule has 0 spiro atoms. The molecule has 0 bridgehead atoms. The van der Waals surface area contributed by atoms with E-state index in [2.05, 4.69) is 31.5 Å². The normalized spacial score (nSPS) is 12.4. The topological polar surface area (TPSA) is 73.0 Å². The molecule has 90 valence electrons. The molecule has 0 fully saturated rings. The van der Waals surface area contributed by atoms with Gasteiger partial charge in [-0.2, -0.15) is 5.10 Å². The zero-order valence-electron chi connectivity index (χ0n) is 9.35. The second kappa shape index (κ2) is 4.70. The van der Waals surface area contributed by atoms with Crippen LogP contribution < -0.4 is 5.32 Å². The molecule has 2 rings (SSSR count). The lowest BCUT2D eigenvalue weighted by Gasteiger charge is -2.10. The van der Waals surface area contributed by atoms with Crippen LogP contribution in [-0.2, 0) is 4.79 Å². The summed E-state index contributed by atoms with van der Waals surface area (Å²) in [5.41, 5.74) is 0. The van der Waals surface area contributed by atoms with Crippen LogP contribution in [0.15, 0.2) is 27.5 Å². The van der Waals surface area contributed by atoms with Gasteiger partial charge in [0.05, 0.1) is 10.7 Å². The molecule has 17 heavy (non-hydrogen) atoms. The van der Waals surface area contributed by atoms with E-state index >= 15 is 0 Å². The second-order valence-corrected chi connectivity index (χ2v) is 4.54. The molecule has 0 unspecified atom stereocenters. The van der Waals surface area contributed by atoms with Crippen LogP contribution in [0.1, 0.15) is 18.7 Å². The predicted molar refractivity (Wildman–Crippen MR) is 64.5 cm³/mol. The number of carbonyl (C=O) groups excluding carboxylic acids is 1. The molecular formula is C10H11BrN4O2. The molecule has 0 aliphatic carbocycles. The van der Waals surface area contributed by atoms with Gasteiger partial charge in [0.2, 0.25) is 5.91 Å². The van der Waals surface area contributed by atoms with Gasteiger partial charge in [-0.1, -0.05) is 5.16 Å². The zero-order chi connectivity index (χ0) is 12.4. The molecule has 1 amide bonds. The number of hydrogen-bond acceptors (Lipinski definition) is 4. The van der Waals surface area contributed by atoms with Crippen LogP contribution in [0.4, 0.5) is 5.82 Å². The van der Waals surface area contributed by atoms with Gasteiger partial charge in [0.1, 0.15) is 11.8 Å². The van der Waals surface area contributed by atoms with E-state index in [0.717, 1.165) is 4.47 Å². The number of carbonyl (C=O) groups is 1. The van der Waals surface area contributed by atoms with Crippen molar-refractivity contribution in [2.45, 2.75) is 19.9 Å². The Balaban J connectivity index is 2.05.